The zero-order valence-corrected chi connectivity index (χ0v) is 10.1. The number of benzene rings is 1. The van der Waals surface area contributed by atoms with Crippen LogP contribution in [0.3, 0.4) is 0 Å². The molecule has 1 aliphatic carbocycles. The molecule has 7 nitrogen and oxygen atoms in total. The SMILES string of the molecule is O=[N+]([O-])c1cccc(S(=O)(=O)NC2CC(O)C2)c1. The lowest BCUT2D eigenvalue weighted by Crippen LogP contribution is -2.46. The first kappa shape index (κ1) is 12.9. The van der Waals surface area contributed by atoms with Crippen molar-refractivity contribution in [3.8, 4) is 0 Å². The van der Waals surface area contributed by atoms with Crippen molar-refractivity contribution in [3.05, 3.63) is 34.4 Å². The second kappa shape index (κ2) is 4.63. The number of nitrogens with zero attached hydrogens (tertiary/aromatic N) is 1. The number of nitro benzene ring substituents is 1. The fourth-order valence-electron chi connectivity index (χ4n) is 1.74. The second-order valence-corrected chi connectivity index (χ2v) is 5.91. The van der Waals surface area contributed by atoms with Gasteiger partial charge in [0, 0.05) is 18.2 Å². The number of rotatable bonds is 4. The molecule has 0 bridgehead atoms. The molecule has 1 fully saturated rings. The molecule has 18 heavy (non-hydrogen) atoms. The molecule has 98 valence electrons. The lowest BCUT2D eigenvalue weighted by Gasteiger charge is -2.31. The fraction of sp³-hybridized carbons (Fsp3) is 0.400. The van der Waals surface area contributed by atoms with Gasteiger partial charge in [-0.2, -0.15) is 0 Å². The van der Waals surface area contributed by atoms with Crippen molar-refractivity contribution in [1.29, 1.82) is 0 Å². The third-order valence-corrected chi connectivity index (χ3v) is 4.29. The van der Waals surface area contributed by atoms with Crippen LogP contribution in [0.2, 0.25) is 0 Å². The third-order valence-electron chi connectivity index (χ3n) is 2.77. The van der Waals surface area contributed by atoms with Crippen molar-refractivity contribution in [3.63, 3.8) is 0 Å². The number of aliphatic hydroxyl groups is 1. The zero-order chi connectivity index (χ0) is 13.3. The maximum Gasteiger partial charge on any atom is 0.270 e. The Bertz CT molecular complexity index is 565. The summed E-state index contributed by atoms with van der Waals surface area (Å²) in [5.41, 5.74) is -0.272. The van der Waals surface area contributed by atoms with Crippen LogP contribution in [0.5, 0.6) is 0 Å². The summed E-state index contributed by atoms with van der Waals surface area (Å²) in [7, 11) is -3.77. The molecular weight excluding hydrogens is 260 g/mol. The van der Waals surface area contributed by atoms with Crippen LogP contribution in [0, 0.1) is 10.1 Å². The Morgan fingerprint density at radius 1 is 1.39 bits per heavy atom. The second-order valence-electron chi connectivity index (χ2n) is 4.20. The van der Waals surface area contributed by atoms with Crippen molar-refractivity contribution in [2.75, 3.05) is 0 Å². The van der Waals surface area contributed by atoms with Gasteiger partial charge in [-0.3, -0.25) is 10.1 Å². The standard InChI is InChI=1S/C10H12N2O5S/c13-9-4-7(5-9)11-18(16,17)10-3-1-2-8(6-10)12(14)15/h1-3,6-7,9,11,13H,4-5H2. The van der Waals surface area contributed by atoms with Crippen molar-refractivity contribution in [2.45, 2.75) is 29.9 Å². The normalized spacial score (nSPS) is 23.4. The van der Waals surface area contributed by atoms with Crippen LogP contribution in [0.15, 0.2) is 29.2 Å². The minimum absolute atomic E-state index is 0.141. The highest BCUT2D eigenvalue weighted by atomic mass is 32.2. The van der Waals surface area contributed by atoms with Crippen LogP contribution in [0.4, 0.5) is 5.69 Å². The molecule has 0 atom stereocenters. The number of nitro groups is 1. The molecule has 8 heteroatoms. The van der Waals surface area contributed by atoms with Crippen LogP contribution in [0.1, 0.15) is 12.8 Å². The van der Waals surface area contributed by atoms with Gasteiger partial charge in [0.2, 0.25) is 10.0 Å². The molecule has 0 aromatic heterocycles. The van der Waals surface area contributed by atoms with E-state index in [1.807, 2.05) is 0 Å². The minimum Gasteiger partial charge on any atom is -0.393 e. The molecule has 0 saturated heterocycles. The molecule has 1 aliphatic rings. The Morgan fingerprint density at radius 3 is 2.61 bits per heavy atom. The first-order valence-electron chi connectivity index (χ1n) is 5.33. The molecule has 0 spiro atoms. The molecular formula is C10H12N2O5S. The molecule has 2 N–H and O–H groups in total. The van der Waals surface area contributed by atoms with Crippen LogP contribution in [0.25, 0.3) is 0 Å². The number of nitrogens with one attached hydrogen (secondary N) is 1. The molecule has 0 unspecified atom stereocenters. The summed E-state index contributed by atoms with van der Waals surface area (Å²) < 4.78 is 26.2. The van der Waals surface area contributed by atoms with E-state index in [2.05, 4.69) is 4.72 Å². The number of hydrogen-bond acceptors (Lipinski definition) is 5. The molecule has 1 aromatic carbocycles. The van der Waals surface area contributed by atoms with Crippen molar-refractivity contribution in [1.82, 2.24) is 4.72 Å². The summed E-state index contributed by atoms with van der Waals surface area (Å²) in [5, 5.41) is 19.6. The number of non-ortho nitro benzene ring substituents is 1. The summed E-state index contributed by atoms with van der Waals surface area (Å²) in [6.45, 7) is 0. The average Bonchev–Trinajstić information content (AvgIpc) is 2.27. The van der Waals surface area contributed by atoms with Gasteiger partial charge in [0.25, 0.3) is 5.69 Å². The van der Waals surface area contributed by atoms with Crippen molar-refractivity contribution in [2.24, 2.45) is 0 Å². The summed E-state index contributed by atoms with van der Waals surface area (Å²) in [5.74, 6) is 0. The topological polar surface area (TPSA) is 110 Å². The van der Waals surface area contributed by atoms with Gasteiger partial charge < -0.3 is 5.11 Å². The molecule has 0 amide bonds. The summed E-state index contributed by atoms with van der Waals surface area (Å²) in [4.78, 5) is 9.78. The smallest absolute Gasteiger partial charge is 0.270 e. The molecule has 1 aromatic rings. The van der Waals surface area contributed by atoms with E-state index in [1.54, 1.807) is 0 Å². The van der Waals surface area contributed by atoms with Gasteiger partial charge in [-0.1, -0.05) is 6.07 Å². The summed E-state index contributed by atoms with van der Waals surface area (Å²) in [6.07, 6.45) is 0.269. The first-order chi connectivity index (χ1) is 8.38. The number of hydrogen-bond donors (Lipinski definition) is 2. The van der Waals surface area contributed by atoms with E-state index >= 15 is 0 Å². The quantitative estimate of drug-likeness (QED) is 0.609. The van der Waals surface area contributed by atoms with E-state index in [0.717, 1.165) is 6.07 Å². The maximum absolute atomic E-state index is 11.9. The molecule has 0 heterocycles. The van der Waals surface area contributed by atoms with Gasteiger partial charge in [0.05, 0.1) is 15.9 Å². The zero-order valence-electron chi connectivity index (χ0n) is 9.31. The van der Waals surface area contributed by atoms with Crippen LogP contribution in [-0.4, -0.2) is 30.6 Å². The molecule has 0 radical (unpaired) electrons. The Hall–Kier alpha value is -1.51. The van der Waals surface area contributed by atoms with E-state index in [-0.39, 0.29) is 16.6 Å². The highest BCUT2D eigenvalue weighted by molar-refractivity contribution is 7.89. The number of sulfonamides is 1. The highest BCUT2D eigenvalue weighted by Crippen LogP contribution is 2.23. The Balaban J connectivity index is 2.19. The average molecular weight is 272 g/mol. The monoisotopic (exact) mass is 272 g/mol. The van der Waals surface area contributed by atoms with Crippen molar-refractivity contribution >= 4 is 15.7 Å². The van der Waals surface area contributed by atoms with E-state index in [0.29, 0.717) is 12.8 Å². The minimum atomic E-state index is -3.77. The molecule has 2 rings (SSSR count). The van der Waals surface area contributed by atoms with Crippen LogP contribution < -0.4 is 4.72 Å². The van der Waals surface area contributed by atoms with E-state index in [4.69, 9.17) is 5.11 Å². The number of aliphatic hydroxyl groups excluding tert-OH is 1. The summed E-state index contributed by atoms with van der Waals surface area (Å²) in [6, 6.07) is 4.56. The highest BCUT2D eigenvalue weighted by Gasteiger charge is 2.31. The molecule has 0 aliphatic heterocycles. The third kappa shape index (κ3) is 2.66. The van der Waals surface area contributed by atoms with E-state index in [9.17, 15) is 18.5 Å². The Labute approximate surface area is 104 Å². The molecule has 1 saturated carbocycles. The van der Waals surface area contributed by atoms with Crippen LogP contribution in [-0.2, 0) is 10.0 Å². The maximum atomic E-state index is 11.9. The van der Waals surface area contributed by atoms with Gasteiger partial charge in [0.1, 0.15) is 0 Å². The Morgan fingerprint density at radius 2 is 2.06 bits per heavy atom. The van der Waals surface area contributed by atoms with Crippen LogP contribution >= 0.6 is 0 Å². The lowest BCUT2D eigenvalue weighted by atomic mass is 9.91. The first-order valence-corrected chi connectivity index (χ1v) is 6.81. The van der Waals surface area contributed by atoms with Gasteiger partial charge in [-0.25, -0.2) is 13.1 Å². The van der Waals surface area contributed by atoms with Gasteiger partial charge in [-0.15, -0.1) is 0 Å². The lowest BCUT2D eigenvalue weighted by molar-refractivity contribution is -0.385. The van der Waals surface area contributed by atoms with E-state index in [1.165, 1.54) is 18.2 Å². The Kier molecular flexibility index (Phi) is 3.33. The summed E-state index contributed by atoms with van der Waals surface area (Å²) >= 11 is 0. The predicted octanol–water partition coefficient (Wildman–Crippen LogP) is 0.396. The largest absolute Gasteiger partial charge is 0.393 e. The van der Waals surface area contributed by atoms with Crippen molar-refractivity contribution < 1.29 is 18.4 Å². The van der Waals surface area contributed by atoms with Gasteiger partial charge in [0.15, 0.2) is 0 Å². The van der Waals surface area contributed by atoms with Gasteiger partial charge in [-0.05, 0) is 18.9 Å². The van der Waals surface area contributed by atoms with Gasteiger partial charge >= 0.3 is 0 Å². The fourth-order valence-corrected chi connectivity index (χ4v) is 3.04. The van der Waals surface area contributed by atoms with E-state index < -0.39 is 21.1 Å². The predicted molar refractivity (Wildman–Crippen MR) is 62.4 cm³/mol.